The number of halogens is 4. The summed E-state index contributed by atoms with van der Waals surface area (Å²) in [7, 11) is 0. The van der Waals surface area contributed by atoms with Crippen LogP contribution in [0.3, 0.4) is 0 Å². The number of carbonyl (C=O) groups is 1. The molecule has 0 aliphatic heterocycles. The Bertz CT molecular complexity index is 408. The highest BCUT2D eigenvalue weighted by Gasteiger charge is 2.21. The minimum atomic E-state index is -1.22. The van der Waals surface area contributed by atoms with Gasteiger partial charge in [0, 0.05) is 4.47 Å². The fourth-order valence-electron chi connectivity index (χ4n) is 0.930. The Morgan fingerprint density at radius 3 is 2.53 bits per heavy atom. The van der Waals surface area contributed by atoms with Gasteiger partial charge in [-0.2, -0.15) is 0 Å². The molecule has 15 heavy (non-hydrogen) atoms. The van der Waals surface area contributed by atoms with E-state index in [1.54, 1.807) is 6.92 Å². The van der Waals surface area contributed by atoms with Crippen LogP contribution in [-0.2, 0) is 4.74 Å². The van der Waals surface area contributed by atoms with Crippen molar-refractivity contribution in [2.24, 2.45) is 0 Å². The van der Waals surface area contributed by atoms with E-state index in [4.69, 9.17) is 0 Å². The van der Waals surface area contributed by atoms with Crippen molar-refractivity contribution in [2.45, 2.75) is 6.92 Å². The molecule has 0 fully saturated rings. The first-order chi connectivity index (χ1) is 6.99. The number of benzene rings is 1. The molecule has 6 heteroatoms. The standard InChI is InChI=1S/C9H6Br2F2O2/c1-2-15-9(14)4-3-5(10)6(11)8(13)7(4)12/h3H,2H2,1H3. The number of carbonyl (C=O) groups excluding carboxylic acids is 1. The Morgan fingerprint density at radius 1 is 1.40 bits per heavy atom. The zero-order chi connectivity index (χ0) is 11.6. The molecule has 0 aliphatic rings. The molecule has 0 unspecified atom stereocenters. The number of rotatable bonds is 2. The van der Waals surface area contributed by atoms with Gasteiger partial charge in [-0.1, -0.05) is 0 Å². The Balaban J connectivity index is 3.26. The lowest BCUT2D eigenvalue weighted by Crippen LogP contribution is -2.09. The lowest BCUT2D eigenvalue weighted by atomic mass is 10.2. The first kappa shape index (κ1) is 12.6. The van der Waals surface area contributed by atoms with Gasteiger partial charge < -0.3 is 4.74 Å². The second kappa shape index (κ2) is 5.03. The third-order valence-electron chi connectivity index (χ3n) is 1.60. The van der Waals surface area contributed by atoms with E-state index in [9.17, 15) is 13.6 Å². The molecular weight excluding hydrogens is 338 g/mol. The predicted octanol–water partition coefficient (Wildman–Crippen LogP) is 3.67. The van der Waals surface area contributed by atoms with E-state index in [1.165, 1.54) is 6.07 Å². The van der Waals surface area contributed by atoms with Crippen LogP contribution in [0.15, 0.2) is 15.0 Å². The Hall–Kier alpha value is -0.490. The average Bonchev–Trinajstić information content (AvgIpc) is 2.20. The van der Waals surface area contributed by atoms with Crippen LogP contribution < -0.4 is 0 Å². The fourth-order valence-corrected chi connectivity index (χ4v) is 1.62. The highest BCUT2D eigenvalue weighted by Crippen LogP contribution is 2.30. The van der Waals surface area contributed by atoms with Gasteiger partial charge in [0.05, 0.1) is 16.6 Å². The van der Waals surface area contributed by atoms with Gasteiger partial charge >= 0.3 is 5.97 Å². The molecule has 0 atom stereocenters. The zero-order valence-corrected chi connectivity index (χ0v) is 10.8. The third-order valence-corrected chi connectivity index (χ3v) is 3.53. The second-order valence-electron chi connectivity index (χ2n) is 2.57. The van der Waals surface area contributed by atoms with Crippen molar-refractivity contribution in [3.63, 3.8) is 0 Å². The third kappa shape index (κ3) is 2.55. The normalized spacial score (nSPS) is 10.2. The quantitative estimate of drug-likeness (QED) is 0.465. The lowest BCUT2D eigenvalue weighted by Gasteiger charge is -2.06. The molecule has 0 spiro atoms. The van der Waals surface area contributed by atoms with E-state index in [-0.39, 0.29) is 15.6 Å². The lowest BCUT2D eigenvalue weighted by molar-refractivity contribution is 0.0519. The summed E-state index contributed by atoms with van der Waals surface area (Å²) < 4.78 is 31.3. The SMILES string of the molecule is CCOC(=O)c1cc(Br)c(Br)c(F)c1F. The van der Waals surface area contributed by atoms with Crippen molar-refractivity contribution < 1.29 is 18.3 Å². The highest BCUT2D eigenvalue weighted by atomic mass is 79.9. The van der Waals surface area contributed by atoms with Gasteiger partial charge in [0.1, 0.15) is 0 Å². The van der Waals surface area contributed by atoms with Crippen LogP contribution >= 0.6 is 31.9 Å². The van der Waals surface area contributed by atoms with Crippen molar-refractivity contribution in [1.29, 1.82) is 0 Å². The summed E-state index contributed by atoms with van der Waals surface area (Å²) in [5.74, 6) is -3.22. The molecule has 1 aromatic rings. The summed E-state index contributed by atoms with van der Waals surface area (Å²) in [5, 5.41) is 0. The molecular formula is C9H6Br2F2O2. The van der Waals surface area contributed by atoms with Crippen LogP contribution in [0.1, 0.15) is 17.3 Å². The summed E-state index contributed by atoms with van der Waals surface area (Å²) in [4.78, 5) is 11.2. The molecule has 0 saturated heterocycles. The predicted molar refractivity (Wildman–Crippen MR) is 57.7 cm³/mol. The van der Waals surface area contributed by atoms with Crippen molar-refractivity contribution in [3.8, 4) is 0 Å². The first-order valence-electron chi connectivity index (χ1n) is 3.99. The van der Waals surface area contributed by atoms with E-state index >= 15 is 0 Å². The average molecular weight is 344 g/mol. The van der Waals surface area contributed by atoms with Crippen LogP contribution in [0.2, 0.25) is 0 Å². The zero-order valence-electron chi connectivity index (χ0n) is 7.61. The molecule has 0 heterocycles. The summed E-state index contributed by atoms with van der Waals surface area (Å²) in [6.07, 6.45) is 0. The van der Waals surface area contributed by atoms with Gasteiger partial charge in [0.2, 0.25) is 0 Å². The molecule has 0 aliphatic carbocycles. The van der Waals surface area contributed by atoms with Crippen LogP contribution in [0.5, 0.6) is 0 Å². The topological polar surface area (TPSA) is 26.3 Å². The largest absolute Gasteiger partial charge is 0.462 e. The number of hydrogen-bond acceptors (Lipinski definition) is 2. The summed E-state index contributed by atoms with van der Waals surface area (Å²) in [6.45, 7) is 1.69. The molecule has 0 saturated carbocycles. The van der Waals surface area contributed by atoms with Crippen molar-refractivity contribution >= 4 is 37.8 Å². The maximum atomic E-state index is 13.3. The maximum absolute atomic E-state index is 13.3. The Morgan fingerprint density at radius 2 is 2.00 bits per heavy atom. The molecule has 0 N–H and O–H groups in total. The second-order valence-corrected chi connectivity index (χ2v) is 4.22. The number of hydrogen-bond donors (Lipinski definition) is 0. The molecule has 0 radical (unpaired) electrons. The van der Waals surface area contributed by atoms with E-state index in [1.807, 2.05) is 0 Å². The van der Waals surface area contributed by atoms with Gasteiger partial charge in [0.15, 0.2) is 11.6 Å². The van der Waals surface area contributed by atoms with Crippen molar-refractivity contribution in [2.75, 3.05) is 6.61 Å². The Kier molecular flexibility index (Phi) is 4.21. The first-order valence-corrected chi connectivity index (χ1v) is 5.57. The van der Waals surface area contributed by atoms with Crippen molar-refractivity contribution in [3.05, 3.63) is 32.2 Å². The van der Waals surface area contributed by atoms with Crippen molar-refractivity contribution in [1.82, 2.24) is 0 Å². The molecule has 1 rings (SSSR count). The van der Waals surface area contributed by atoms with Crippen LogP contribution in [0.4, 0.5) is 8.78 Å². The van der Waals surface area contributed by atoms with Crippen LogP contribution in [0, 0.1) is 11.6 Å². The van der Waals surface area contributed by atoms with Crippen LogP contribution in [0.25, 0.3) is 0 Å². The summed E-state index contributed by atoms with van der Waals surface area (Å²) >= 11 is 5.83. The molecule has 2 nitrogen and oxygen atoms in total. The summed E-state index contributed by atoms with van der Waals surface area (Å²) in [6, 6.07) is 1.17. The van der Waals surface area contributed by atoms with Gasteiger partial charge in [-0.15, -0.1) is 0 Å². The molecule has 82 valence electrons. The Labute approximate surface area is 102 Å². The van der Waals surface area contributed by atoms with E-state index < -0.39 is 23.2 Å². The molecule has 0 amide bonds. The smallest absolute Gasteiger partial charge is 0.341 e. The maximum Gasteiger partial charge on any atom is 0.341 e. The van der Waals surface area contributed by atoms with E-state index in [2.05, 4.69) is 36.6 Å². The minimum absolute atomic E-state index is 0.0620. The van der Waals surface area contributed by atoms with Gasteiger partial charge in [-0.25, -0.2) is 13.6 Å². The van der Waals surface area contributed by atoms with Crippen LogP contribution in [-0.4, -0.2) is 12.6 Å². The molecule has 1 aromatic carbocycles. The van der Waals surface area contributed by atoms with E-state index in [0.717, 1.165) is 0 Å². The monoisotopic (exact) mass is 342 g/mol. The fraction of sp³-hybridized carbons (Fsp3) is 0.222. The molecule has 0 bridgehead atoms. The number of ether oxygens (including phenoxy) is 1. The van der Waals surface area contributed by atoms with Gasteiger partial charge in [0.25, 0.3) is 0 Å². The van der Waals surface area contributed by atoms with Gasteiger partial charge in [-0.3, -0.25) is 0 Å². The summed E-state index contributed by atoms with van der Waals surface area (Å²) in [5.41, 5.74) is -0.426. The molecule has 0 aromatic heterocycles. The highest BCUT2D eigenvalue weighted by molar-refractivity contribution is 9.13. The minimum Gasteiger partial charge on any atom is -0.462 e. The van der Waals surface area contributed by atoms with E-state index in [0.29, 0.717) is 0 Å². The number of esters is 1. The van der Waals surface area contributed by atoms with Gasteiger partial charge in [-0.05, 0) is 44.8 Å².